The van der Waals surface area contributed by atoms with E-state index in [0.717, 1.165) is 0 Å². The van der Waals surface area contributed by atoms with E-state index in [1.54, 1.807) is 42.5 Å². The van der Waals surface area contributed by atoms with Crippen LogP contribution >= 0.6 is 23.2 Å². The zero-order chi connectivity index (χ0) is 17.7. The van der Waals surface area contributed by atoms with Crippen LogP contribution in [-0.4, -0.2) is 18.3 Å². The van der Waals surface area contributed by atoms with Crippen molar-refractivity contribution < 1.29 is 17.7 Å². The Balaban J connectivity index is 2.31. The molecular weight excluding hydrogens is 373 g/mol. The number of hydrogen-bond donors (Lipinski definition) is 2. The minimum Gasteiger partial charge on any atom is -0.455 e. The third kappa shape index (κ3) is 5.27. The number of halogens is 2. The van der Waals surface area contributed by atoms with Gasteiger partial charge in [0.05, 0.1) is 5.69 Å². The van der Waals surface area contributed by atoms with Crippen molar-refractivity contribution in [2.45, 2.75) is 25.1 Å². The number of hydrogen-bond acceptors (Lipinski definition) is 4. The van der Waals surface area contributed by atoms with Crippen LogP contribution in [0.4, 0.5) is 5.69 Å². The SMILES string of the molecule is CCC[C@@H](Nc1cc(Cl)ccc1Oc1ccc(Cl)cc1)S(=O)(=O)O. The lowest BCUT2D eigenvalue weighted by Gasteiger charge is -2.19. The van der Waals surface area contributed by atoms with Crippen LogP contribution in [0, 0.1) is 0 Å². The Kier molecular flexibility index (Phi) is 6.34. The first-order valence-corrected chi connectivity index (χ1v) is 9.51. The molecule has 0 spiro atoms. The molecule has 5 nitrogen and oxygen atoms in total. The predicted molar refractivity (Wildman–Crippen MR) is 96.8 cm³/mol. The van der Waals surface area contributed by atoms with Gasteiger partial charge in [-0.05, 0) is 48.9 Å². The average Bonchev–Trinajstić information content (AvgIpc) is 2.50. The standard InChI is InChI=1S/C16H17Cl2NO4S/c1-2-3-16(24(20,21)22)19-14-10-12(18)6-9-15(14)23-13-7-4-11(17)5-8-13/h4-10,16,19H,2-3H2,1H3,(H,20,21,22)/t16-/m0/s1. The van der Waals surface area contributed by atoms with Gasteiger partial charge in [0, 0.05) is 10.0 Å². The second-order valence-corrected chi connectivity index (χ2v) is 7.60. The zero-order valence-corrected chi connectivity index (χ0v) is 15.2. The summed E-state index contributed by atoms with van der Waals surface area (Å²) in [6, 6.07) is 11.5. The van der Waals surface area contributed by atoms with Crippen molar-refractivity contribution >= 4 is 39.0 Å². The molecular formula is C16H17Cl2NO4S. The first kappa shape index (κ1) is 18.9. The molecule has 0 aliphatic rings. The number of ether oxygens (including phenoxy) is 1. The first-order valence-electron chi connectivity index (χ1n) is 7.25. The quantitative estimate of drug-likeness (QED) is 0.635. The molecule has 0 saturated carbocycles. The largest absolute Gasteiger partial charge is 0.455 e. The third-order valence-electron chi connectivity index (χ3n) is 3.21. The van der Waals surface area contributed by atoms with Crippen LogP contribution in [0.3, 0.4) is 0 Å². The number of nitrogens with one attached hydrogen (secondary N) is 1. The van der Waals surface area contributed by atoms with Crippen molar-refractivity contribution in [1.29, 1.82) is 0 Å². The molecule has 2 aromatic rings. The molecule has 2 N–H and O–H groups in total. The third-order valence-corrected chi connectivity index (χ3v) is 4.77. The van der Waals surface area contributed by atoms with Crippen molar-refractivity contribution in [3.05, 3.63) is 52.5 Å². The monoisotopic (exact) mass is 389 g/mol. The van der Waals surface area contributed by atoms with Gasteiger partial charge in [0.2, 0.25) is 0 Å². The van der Waals surface area contributed by atoms with Crippen molar-refractivity contribution in [2.75, 3.05) is 5.32 Å². The van der Waals surface area contributed by atoms with Crippen LogP contribution in [-0.2, 0) is 10.1 Å². The first-order chi connectivity index (χ1) is 11.3. The Morgan fingerprint density at radius 2 is 1.75 bits per heavy atom. The van der Waals surface area contributed by atoms with Gasteiger partial charge >= 0.3 is 0 Å². The number of benzene rings is 2. The Morgan fingerprint density at radius 3 is 2.33 bits per heavy atom. The highest BCUT2D eigenvalue weighted by molar-refractivity contribution is 7.86. The van der Waals surface area contributed by atoms with Crippen molar-refractivity contribution in [2.24, 2.45) is 0 Å². The van der Waals surface area contributed by atoms with Crippen LogP contribution in [0.15, 0.2) is 42.5 Å². The molecule has 0 amide bonds. The van der Waals surface area contributed by atoms with Gasteiger partial charge in [-0.2, -0.15) is 8.42 Å². The normalized spacial score (nSPS) is 12.7. The maximum Gasteiger partial charge on any atom is 0.286 e. The maximum absolute atomic E-state index is 11.5. The molecule has 0 fully saturated rings. The van der Waals surface area contributed by atoms with Gasteiger partial charge < -0.3 is 10.1 Å². The van der Waals surface area contributed by atoms with E-state index >= 15 is 0 Å². The lowest BCUT2D eigenvalue weighted by molar-refractivity contribution is 0.465. The fourth-order valence-corrected chi connectivity index (χ4v) is 3.17. The Labute approximate surface area is 151 Å². The van der Waals surface area contributed by atoms with Crippen LogP contribution in [0.5, 0.6) is 11.5 Å². The van der Waals surface area contributed by atoms with Gasteiger partial charge in [-0.15, -0.1) is 0 Å². The van der Waals surface area contributed by atoms with Crippen LogP contribution in [0.2, 0.25) is 10.0 Å². The van der Waals surface area contributed by atoms with Gasteiger partial charge in [-0.25, -0.2) is 0 Å². The van der Waals surface area contributed by atoms with E-state index in [2.05, 4.69) is 5.32 Å². The van der Waals surface area contributed by atoms with E-state index in [4.69, 9.17) is 27.9 Å². The summed E-state index contributed by atoms with van der Waals surface area (Å²) in [5.41, 5.74) is 0.369. The maximum atomic E-state index is 11.5. The molecule has 24 heavy (non-hydrogen) atoms. The summed E-state index contributed by atoms with van der Waals surface area (Å²) >= 11 is 11.8. The van der Waals surface area contributed by atoms with Crippen LogP contribution in [0.25, 0.3) is 0 Å². The van der Waals surface area contributed by atoms with Gasteiger partial charge in [0.15, 0.2) is 11.1 Å². The molecule has 0 unspecified atom stereocenters. The van der Waals surface area contributed by atoms with E-state index in [9.17, 15) is 13.0 Å². The van der Waals surface area contributed by atoms with E-state index in [-0.39, 0.29) is 6.42 Å². The molecule has 8 heteroatoms. The molecule has 0 heterocycles. The molecule has 0 aromatic heterocycles. The lowest BCUT2D eigenvalue weighted by atomic mass is 10.2. The van der Waals surface area contributed by atoms with E-state index in [1.165, 1.54) is 0 Å². The zero-order valence-electron chi connectivity index (χ0n) is 12.9. The van der Waals surface area contributed by atoms with E-state index < -0.39 is 15.5 Å². The second-order valence-electron chi connectivity index (χ2n) is 5.13. The summed E-state index contributed by atoms with van der Waals surface area (Å²) in [6.45, 7) is 1.82. The second kappa shape index (κ2) is 8.07. The molecule has 2 aromatic carbocycles. The fourth-order valence-electron chi connectivity index (χ4n) is 2.06. The fraction of sp³-hybridized carbons (Fsp3) is 0.250. The van der Waals surface area contributed by atoms with E-state index in [1.807, 2.05) is 6.92 Å². The molecule has 0 radical (unpaired) electrons. The van der Waals surface area contributed by atoms with Gasteiger partial charge in [-0.3, -0.25) is 4.55 Å². The summed E-state index contributed by atoms with van der Waals surface area (Å²) in [7, 11) is -4.26. The molecule has 1 atom stereocenters. The summed E-state index contributed by atoms with van der Waals surface area (Å²) in [6.07, 6.45) is 0.817. The molecule has 130 valence electrons. The van der Waals surface area contributed by atoms with Crippen molar-refractivity contribution in [3.63, 3.8) is 0 Å². The van der Waals surface area contributed by atoms with Crippen molar-refractivity contribution in [1.82, 2.24) is 0 Å². The average molecular weight is 390 g/mol. The molecule has 0 bridgehead atoms. The summed E-state index contributed by atoms with van der Waals surface area (Å²) in [5.74, 6) is 0.912. The van der Waals surface area contributed by atoms with Crippen LogP contribution < -0.4 is 10.1 Å². The minimum atomic E-state index is -4.26. The van der Waals surface area contributed by atoms with Gasteiger partial charge in [-0.1, -0.05) is 36.5 Å². The molecule has 0 saturated heterocycles. The van der Waals surface area contributed by atoms with Gasteiger partial charge in [0.25, 0.3) is 10.1 Å². The highest BCUT2D eigenvalue weighted by atomic mass is 35.5. The Morgan fingerprint density at radius 1 is 1.12 bits per heavy atom. The highest BCUT2D eigenvalue weighted by Crippen LogP contribution is 2.33. The van der Waals surface area contributed by atoms with Gasteiger partial charge in [0.1, 0.15) is 5.75 Å². The smallest absolute Gasteiger partial charge is 0.286 e. The highest BCUT2D eigenvalue weighted by Gasteiger charge is 2.23. The predicted octanol–water partition coefficient (Wildman–Crippen LogP) is 5.21. The number of anilines is 1. The minimum absolute atomic E-state index is 0.242. The van der Waals surface area contributed by atoms with Crippen molar-refractivity contribution in [3.8, 4) is 11.5 Å². The summed E-state index contributed by atoms with van der Waals surface area (Å²) < 4.78 is 38.2. The van der Waals surface area contributed by atoms with E-state index in [0.29, 0.717) is 33.7 Å². The van der Waals surface area contributed by atoms with Crippen LogP contribution in [0.1, 0.15) is 19.8 Å². The summed E-state index contributed by atoms with van der Waals surface area (Å²) in [4.78, 5) is 0. The topological polar surface area (TPSA) is 75.6 Å². The summed E-state index contributed by atoms with van der Waals surface area (Å²) in [5, 5.41) is 2.63. The molecule has 0 aliphatic carbocycles. The molecule has 2 rings (SSSR count). The lowest BCUT2D eigenvalue weighted by Crippen LogP contribution is -2.29. The Bertz CT molecular complexity index is 794. The number of rotatable bonds is 7. The molecule has 0 aliphatic heterocycles. The Hall–Kier alpha value is -1.47.